The van der Waals surface area contributed by atoms with Crippen molar-refractivity contribution < 1.29 is 26.4 Å². The smallest absolute Gasteiger partial charge is 0.351 e. The second kappa shape index (κ2) is 6.31. The lowest BCUT2D eigenvalue weighted by Gasteiger charge is -2.06. The van der Waals surface area contributed by atoms with Gasteiger partial charge in [-0.05, 0) is 19.4 Å². The third kappa shape index (κ3) is 5.29. The Kier molecular flexibility index (Phi) is 5.45. The first kappa shape index (κ1) is 17.3. The molecule has 1 aromatic heterocycles. The topological polar surface area (TPSA) is 63.2 Å². The van der Waals surface area contributed by atoms with Crippen LogP contribution in [0.25, 0.3) is 0 Å². The Labute approximate surface area is 122 Å². The highest BCUT2D eigenvalue weighted by atomic mass is 35.7. The molecule has 0 aliphatic carbocycles. The van der Waals surface area contributed by atoms with E-state index in [1.165, 1.54) is 6.92 Å². The van der Waals surface area contributed by atoms with Gasteiger partial charge in [0.15, 0.2) is 0 Å². The van der Waals surface area contributed by atoms with E-state index in [2.05, 4.69) is 5.32 Å². The molecular formula is C10H11ClF3NO3S2. The van der Waals surface area contributed by atoms with Crippen LogP contribution in [0.1, 0.15) is 27.4 Å². The lowest BCUT2D eigenvalue weighted by atomic mass is 10.3. The molecule has 10 heteroatoms. The second-order valence-electron chi connectivity index (χ2n) is 3.94. The molecule has 0 aliphatic rings. The van der Waals surface area contributed by atoms with Crippen molar-refractivity contribution in [3.8, 4) is 0 Å². The van der Waals surface area contributed by atoms with Gasteiger partial charge in [0.05, 0.1) is 9.77 Å². The Balaban J connectivity index is 2.61. The van der Waals surface area contributed by atoms with Crippen LogP contribution in [0.4, 0.5) is 13.2 Å². The monoisotopic (exact) mass is 349 g/mol. The minimum absolute atomic E-state index is 0.0914. The number of halogens is 4. The van der Waals surface area contributed by atoms with Gasteiger partial charge in [-0.2, -0.15) is 13.2 Å². The van der Waals surface area contributed by atoms with Gasteiger partial charge in [0.25, 0.3) is 15.0 Å². The van der Waals surface area contributed by atoms with Crippen molar-refractivity contribution >= 4 is 37.0 Å². The minimum Gasteiger partial charge on any atom is -0.351 e. The van der Waals surface area contributed by atoms with Gasteiger partial charge in [-0.1, -0.05) is 0 Å². The molecule has 0 radical (unpaired) electrons. The Morgan fingerprint density at radius 2 is 2.05 bits per heavy atom. The Morgan fingerprint density at radius 1 is 1.45 bits per heavy atom. The fraction of sp³-hybridized carbons (Fsp3) is 0.500. The third-order valence-electron chi connectivity index (χ3n) is 2.28. The SMILES string of the molecule is Cc1sc(C(=O)NCCCC(F)(F)F)cc1S(=O)(=O)Cl. The number of amides is 1. The minimum atomic E-state index is -4.26. The van der Waals surface area contributed by atoms with Crippen LogP contribution in [0.5, 0.6) is 0 Å². The predicted octanol–water partition coefficient (Wildman–Crippen LogP) is 3.06. The average molecular weight is 350 g/mol. The summed E-state index contributed by atoms with van der Waals surface area (Å²) in [4.78, 5) is 11.9. The van der Waals surface area contributed by atoms with Crippen molar-refractivity contribution in [3.05, 3.63) is 15.8 Å². The van der Waals surface area contributed by atoms with E-state index in [-0.39, 0.29) is 22.7 Å². The van der Waals surface area contributed by atoms with Crippen molar-refractivity contribution in [2.24, 2.45) is 0 Å². The van der Waals surface area contributed by atoms with Crippen molar-refractivity contribution in [2.75, 3.05) is 6.54 Å². The second-order valence-corrected chi connectivity index (χ2v) is 7.73. The summed E-state index contributed by atoms with van der Waals surface area (Å²) in [5.74, 6) is -0.619. The number of thiophene rings is 1. The molecule has 20 heavy (non-hydrogen) atoms. The molecule has 0 aliphatic heterocycles. The van der Waals surface area contributed by atoms with Crippen molar-refractivity contribution in [1.29, 1.82) is 0 Å². The van der Waals surface area contributed by atoms with E-state index in [1.807, 2.05) is 0 Å². The maximum absolute atomic E-state index is 11.9. The van der Waals surface area contributed by atoms with Crippen LogP contribution < -0.4 is 5.32 Å². The van der Waals surface area contributed by atoms with Crippen molar-refractivity contribution in [3.63, 3.8) is 0 Å². The van der Waals surface area contributed by atoms with Gasteiger partial charge in [0, 0.05) is 28.5 Å². The summed E-state index contributed by atoms with van der Waals surface area (Å²) in [6.45, 7) is 1.35. The highest BCUT2D eigenvalue weighted by Gasteiger charge is 2.26. The number of carbonyl (C=O) groups excluding carboxylic acids is 1. The molecule has 1 heterocycles. The zero-order valence-corrected chi connectivity index (χ0v) is 12.6. The molecule has 114 valence electrons. The van der Waals surface area contributed by atoms with Gasteiger partial charge in [0.2, 0.25) is 0 Å². The zero-order chi connectivity index (χ0) is 15.6. The van der Waals surface area contributed by atoms with Gasteiger partial charge in [-0.15, -0.1) is 11.3 Å². The van der Waals surface area contributed by atoms with E-state index in [4.69, 9.17) is 10.7 Å². The zero-order valence-electron chi connectivity index (χ0n) is 10.3. The summed E-state index contributed by atoms with van der Waals surface area (Å²) < 4.78 is 58.0. The molecule has 0 unspecified atom stereocenters. The Bertz CT molecular complexity index is 595. The molecule has 0 aromatic carbocycles. The maximum Gasteiger partial charge on any atom is 0.389 e. The van der Waals surface area contributed by atoms with Crippen LogP contribution in [-0.2, 0) is 9.05 Å². The number of nitrogens with one attached hydrogen (secondary N) is 1. The van der Waals surface area contributed by atoms with Crippen molar-refractivity contribution in [1.82, 2.24) is 5.32 Å². The van der Waals surface area contributed by atoms with Crippen LogP contribution >= 0.6 is 22.0 Å². The van der Waals surface area contributed by atoms with Gasteiger partial charge >= 0.3 is 6.18 Å². The van der Waals surface area contributed by atoms with Crippen molar-refractivity contribution in [2.45, 2.75) is 30.8 Å². The first-order valence-electron chi connectivity index (χ1n) is 5.41. The highest BCUT2D eigenvalue weighted by Crippen LogP contribution is 2.28. The summed E-state index contributed by atoms with van der Waals surface area (Å²) in [5.41, 5.74) is 0. The normalized spacial score (nSPS) is 12.4. The standard InChI is InChI=1S/C10H11ClF3NO3S2/c1-6-8(20(11,17)18)5-7(19-6)9(16)15-4-2-3-10(12,13)14/h5H,2-4H2,1H3,(H,15,16). The number of hydrogen-bond donors (Lipinski definition) is 1. The summed E-state index contributed by atoms with van der Waals surface area (Å²) in [6.07, 6.45) is -5.48. The number of aryl methyl sites for hydroxylation is 1. The molecule has 0 bridgehead atoms. The molecule has 0 atom stereocenters. The van der Waals surface area contributed by atoms with Crippen LogP contribution in [-0.4, -0.2) is 27.0 Å². The van der Waals surface area contributed by atoms with Gasteiger partial charge < -0.3 is 5.32 Å². The maximum atomic E-state index is 11.9. The molecule has 1 aromatic rings. The molecule has 4 nitrogen and oxygen atoms in total. The van der Waals surface area contributed by atoms with E-state index in [1.54, 1.807) is 0 Å². The van der Waals surface area contributed by atoms with Gasteiger partial charge in [-0.25, -0.2) is 8.42 Å². The van der Waals surface area contributed by atoms with Crippen LogP contribution in [0.15, 0.2) is 11.0 Å². The number of alkyl halides is 3. The third-order valence-corrected chi connectivity index (χ3v) is 4.91. The highest BCUT2D eigenvalue weighted by molar-refractivity contribution is 8.13. The Hall–Kier alpha value is -0.800. The fourth-order valence-corrected chi connectivity index (χ4v) is 3.98. The summed E-state index contributed by atoms with van der Waals surface area (Å²) in [6, 6.07) is 1.11. The van der Waals surface area contributed by atoms with E-state index in [0.29, 0.717) is 4.88 Å². The first-order valence-corrected chi connectivity index (χ1v) is 8.53. The van der Waals surface area contributed by atoms with Crippen LogP contribution in [0, 0.1) is 6.92 Å². The van der Waals surface area contributed by atoms with E-state index in [0.717, 1.165) is 17.4 Å². The summed E-state index contributed by atoms with van der Waals surface area (Å²) >= 11 is 0.915. The van der Waals surface area contributed by atoms with E-state index < -0.39 is 27.6 Å². The quantitative estimate of drug-likeness (QED) is 0.656. The van der Waals surface area contributed by atoms with Gasteiger partial charge in [0.1, 0.15) is 0 Å². The van der Waals surface area contributed by atoms with Crippen LogP contribution in [0.3, 0.4) is 0 Å². The molecule has 1 amide bonds. The molecule has 1 rings (SSSR count). The lowest BCUT2D eigenvalue weighted by molar-refractivity contribution is -0.135. The van der Waals surface area contributed by atoms with Gasteiger partial charge in [-0.3, -0.25) is 4.79 Å². The predicted molar refractivity (Wildman–Crippen MR) is 69.7 cm³/mol. The molecule has 0 fully saturated rings. The lowest BCUT2D eigenvalue weighted by Crippen LogP contribution is -2.24. The molecule has 1 N–H and O–H groups in total. The largest absolute Gasteiger partial charge is 0.389 e. The molecule has 0 spiro atoms. The number of hydrogen-bond acceptors (Lipinski definition) is 4. The van der Waals surface area contributed by atoms with Crippen LogP contribution in [0.2, 0.25) is 0 Å². The summed E-state index contributed by atoms with van der Waals surface area (Å²) in [7, 11) is 1.24. The molecular weight excluding hydrogens is 339 g/mol. The van der Waals surface area contributed by atoms with E-state index >= 15 is 0 Å². The fourth-order valence-electron chi connectivity index (χ4n) is 1.40. The summed E-state index contributed by atoms with van der Waals surface area (Å²) in [5, 5.41) is 2.30. The average Bonchev–Trinajstić information content (AvgIpc) is 2.65. The first-order chi connectivity index (χ1) is 9.00. The molecule has 0 saturated heterocycles. The van der Waals surface area contributed by atoms with E-state index in [9.17, 15) is 26.4 Å². The Morgan fingerprint density at radius 3 is 2.50 bits per heavy atom. The number of rotatable bonds is 5. The molecule has 0 saturated carbocycles. The number of carbonyl (C=O) groups is 1.